The summed E-state index contributed by atoms with van der Waals surface area (Å²) in [5, 5.41) is 5.82. The Hall–Kier alpha value is -2.21. The standard InChI is InChI=1S/C18H19N3O2S/c1-23-14-9-7-12(8-10-14)16-15(11-22)21-18(19-16)24-17(20-21)13-5-3-2-4-6-13/h7-11,13H,2-6H2,1H3. The summed E-state index contributed by atoms with van der Waals surface area (Å²) in [6, 6.07) is 7.58. The van der Waals surface area contributed by atoms with Crippen LogP contribution in [0.3, 0.4) is 0 Å². The van der Waals surface area contributed by atoms with Crippen LogP contribution in [0.1, 0.15) is 53.5 Å². The van der Waals surface area contributed by atoms with Crippen LogP contribution in [-0.4, -0.2) is 28.0 Å². The Morgan fingerprint density at radius 3 is 2.62 bits per heavy atom. The predicted octanol–water partition coefficient (Wildman–Crippen LogP) is 4.33. The van der Waals surface area contributed by atoms with E-state index in [9.17, 15) is 4.79 Å². The molecule has 0 aliphatic heterocycles. The summed E-state index contributed by atoms with van der Waals surface area (Å²) >= 11 is 1.61. The lowest BCUT2D eigenvalue weighted by atomic mass is 9.90. The Morgan fingerprint density at radius 2 is 1.96 bits per heavy atom. The molecule has 0 saturated heterocycles. The van der Waals surface area contributed by atoms with Gasteiger partial charge in [-0.25, -0.2) is 4.98 Å². The first kappa shape index (κ1) is 15.3. The third-order valence-corrected chi connectivity index (χ3v) is 5.75. The lowest BCUT2D eigenvalue weighted by Crippen LogP contribution is -2.05. The van der Waals surface area contributed by atoms with Gasteiger partial charge in [0.15, 0.2) is 6.29 Å². The Kier molecular flexibility index (Phi) is 4.06. The van der Waals surface area contributed by atoms with Gasteiger partial charge in [-0.3, -0.25) is 4.79 Å². The van der Waals surface area contributed by atoms with Gasteiger partial charge in [-0.15, -0.1) is 0 Å². The van der Waals surface area contributed by atoms with Crippen LogP contribution in [0.5, 0.6) is 5.75 Å². The molecule has 0 amide bonds. The molecule has 1 aromatic carbocycles. The third-order valence-electron chi connectivity index (χ3n) is 4.68. The van der Waals surface area contributed by atoms with E-state index in [2.05, 4.69) is 4.98 Å². The first-order chi connectivity index (χ1) is 11.8. The monoisotopic (exact) mass is 341 g/mol. The van der Waals surface area contributed by atoms with Gasteiger partial charge in [-0.05, 0) is 37.1 Å². The zero-order chi connectivity index (χ0) is 16.5. The lowest BCUT2D eigenvalue weighted by molar-refractivity contribution is 0.111. The van der Waals surface area contributed by atoms with E-state index in [1.54, 1.807) is 23.0 Å². The van der Waals surface area contributed by atoms with Crippen molar-refractivity contribution >= 4 is 22.6 Å². The summed E-state index contributed by atoms with van der Waals surface area (Å²) in [6.45, 7) is 0. The van der Waals surface area contributed by atoms with E-state index in [4.69, 9.17) is 9.84 Å². The molecule has 2 heterocycles. The lowest BCUT2D eigenvalue weighted by Gasteiger charge is -2.18. The minimum Gasteiger partial charge on any atom is -0.497 e. The summed E-state index contributed by atoms with van der Waals surface area (Å²) in [6.07, 6.45) is 7.09. The zero-order valence-corrected chi connectivity index (χ0v) is 14.4. The minimum absolute atomic E-state index is 0.522. The Labute approximate surface area is 144 Å². The van der Waals surface area contributed by atoms with Crippen LogP contribution >= 0.6 is 11.3 Å². The normalized spacial score (nSPS) is 15.7. The second-order valence-corrected chi connectivity index (χ2v) is 7.15. The quantitative estimate of drug-likeness (QED) is 0.663. The van der Waals surface area contributed by atoms with Crippen molar-refractivity contribution in [3.63, 3.8) is 0 Å². The highest BCUT2D eigenvalue weighted by Gasteiger charge is 2.23. The molecule has 124 valence electrons. The number of hydrogen-bond donors (Lipinski definition) is 0. The number of methoxy groups -OCH3 is 1. The highest BCUT2D eigenvalue weighted by atomic mass is 32.1. The Bertz CT molecular complexity index is 860. The number of fused-ring (bicyclic) bond motifs is 1. The van der Waals surface area contributed by atoms with Gasteiger partial charge >= 0.3 is 0 Å². The maximum Gasteiger partial charge on any atom is 0.213 e. The van der Waals surface area contributed by atoms with Gasteiger partial charge in [-0.2, -0.15) is 9.61 Å². The number of imidazole rings is 1. The zero-order valence-electron chi connectivity index (χ0n) is 13.6. The molecule has 1 aliphatic rings. The molecule has 3 aromatic rings. The first-order valence-corrected chi connectivity index (χ1v) is 9.11. The van der Waals surface area contributed by atoms with E-state index < -0.39 is 0 Å². The molecule has 1 fully saturated rings. The highest BCUT2D eigenvalue weighted by molar-refractivity contribution is 7.16. The molecule has 0 atom stereocenters. The van der Waals surface area contributed by atoms with Crippen LogP contribution in [0, 0.1) is 0 Å². The van der Waals surface area contributed by atoms with E-state index in [1.165, 1.54) is 32.1 Å². The number of carbonyl (C=O) groups excluding carboxylic acids is 1. The molecule has 24 heavy (non-hydrogen) atoms. The smallest absolute Gasteiger partial charge is 0.213 e. The summed E-state index contributed by atoms with van der Waals surface area (Å²) < 4.78 is 6.89. The van der Waals surface area contributed by atoms with Gasteiger partial charge in [-0.1, -0.05) is 30.6 Å². The first-order valence-electron chi connectivity index (χ1n) is 8.29. The van der Waals surface area contributed by atoms with Crippen LogP contribution in [0.2, 0.25) is 0 Å². The van der Waals surface area contributed by atoms with Gasteiger partial charge in [0, 0.05) is 11.5 Å². The predicted molar refractivity (Wildman–Crippen MR) is 94.1 cm³/mol. The fourth-order valence-electron chi connectivity index (χ4n) is 3.36. The number of benzene rings is 1. The number of nitrogens with zero attached hydrogens (tertiary/aromatic N) is 3. The average Bonchev–Trinajstić information content (AvgIpc) is 3.20. The highest BCUT2D eigenvalue weighted by Crippen LogP contribution is 2.36. The Balaban J connectivity index is 1.74. The summed E-state index contributed by atoms with van der Waals surface area (Å²) in [4.78, 5) is 17.1. The van der Waals surface area contributed by atoms with Crippen molar-refractivity contribution in [1.29, 1.82) is 0 Å². The van der Waals surface area contributed by atoms with Gasteiger partial charge in [0.2, 0.25) is 4.96 Å². The van der Waals surface area contributed by atoms with E-state index in [1.807, 2.05) is 24.3 Å². The fourth-order valence-corrected chi connectivity index (χ4v) is 4.43. The molecule has 1 saturated carbocycles. The van der Waals surface area contributed by atoms with Gasteiger partial charge in [0.25, 0.3) is 0 Å². The molecule has 0 unspecified atom stereocenters. The van der Waals surface area contributed by atoms with E-state index in [-0.39, 0.29) is 0 Å². The number of aromatic nitrogens is 3. The molecular formula is C18H19N3O2S. The van der Waals surface area contributed by atoms with Crippen molar-refractivity contribution in [3.05, 3.63) is 35.0 Å². The van der Waals surface area contributed by atoms with Crippen LogP contribution in [0.4, 0.5) is 0 Å². The fraction of sp³-hybridized carbons (Fsp3) is 0.389. The van der Waals surface area contributed by atoms with Crippen molar-refractivity contribution in [1.82, 2.24) is 14.6 Å². The maximum atomic E-state index is 11.7. The van der Waals surface area contributed by atoms with Crippen molar-refractivity contribution < 1.29 is 9.53 Å². The number of ether oxygens (including phenoxy) is 1. The van der Waals surface area contributed by atoms with E-state index in [0.717, 1.165) is 27.6 Å². The molecule has 2 aromatic heterocycles. The summed E-state index contributed by atoms with van der Waals surface area (Å²) in [7, 11) is 1.63. The Morgan fingerprint density at radius 1 is 1.21 bits per heavy atom. The molecular weight excluding hydrogens is 322 g/mol. The number of carbonyl (C=O) groups is 1. The molecule has 0 N–H and O–H groups in total. The third kappa shape index (κ3) is 2.60. The maximum absolute atomic E-state index is 11.7. The summed E-state index contributed by atoms with van der Waals surface area (Å²) in [5.74, 6) is 1.31. The van der Waals surface area contributed by atoms with Crippen molar-refractivity contribution in [2.45, 2.75) is 38.0 Å². The largest absolute Gasteiger partial charge is 0.497 e. The molecule has 6 heteroatoms. The molecule has 0 spiro atoms. The number of rotatable bonds is 4. The average molecular weight is 341 g/mol. The van der Waals surface area contributed by atoms with Crippen LogP contribution in [0.15, 0.2) is 24.3 Å². The molecule has 0 radical (unpaired) electrons. The second kappa shape index (κ2) is 6.36. The van der Waals surface area contributed by atoms with E-state index >= 15 is 0 Å². The molecule has 4 rings (SSSR count). The van der Waals surface area contributed by atoms with Gasteiger partial charge in [0.1, 0.15) is 22.1 Å². The van der Waals surface area contributed by atoms with Gasteiger partial charge in [0.05, 0.1) is 7.11 Å². The molecule has 0 bridgehead atoms. The van der Waals surface area contributed by atoms with Crippen molar-refractivity contribution in [2.75, 3.05) is 7.11 Å². The second-order valence-electron chi connectivity index (χ2n) is 6.16. The van der Waals surface area contributed by atoms with Crippen LogP contribution in [0.25, 0.3) is 16.2 Å². The molecule has 1 aliphatic carbocycles. The minimum atomic E-state index is 0.522. The SMILES string of the molecule is COc1ccc(-c2nc3sc(C4CCCCC4)nn3c2C=O)cc1. The molecule has 5 nitrogen and oxygen atoms in total. The van der Waals surface area contributed by atoms with Crippen molar-refractivity contribution in [3.8, 4) is 17.0 Å². The van der Waals surface area contributed by atoms with Gasteiger partial charge < -0.3 is 4.74 Å². The summed E-state index contributed by atoms with van der Waals surface area (Å²) in [5.41, 5.74) is 2.10. The van der Waals surface area contributed by atoms with Crippen LogP contribution < -0.4 is 4.74 Å². The topological polar surface area (TPSA) is 56.5 Å². The van der Waals surface area contributed by atoms with E-state index in [0.29, 0.717) is 17.3 Å². The number of aldehydes is 1. The van der Waals surface area contributed by atoms with Crippen LogP contribution in [-0.2, 0) is 0 Å². The van der Waals surface area contributed by atoms with Crippen molar-refractivity contribution in [2.24, 2.45) is 0 Å². The number of hydrogen-bond acceptors (Lipinski definition) is 5.